The summed E-state index contributed by atoms with van der Waals surface area (Å²) in [5.74, 6) is 2.39. The predicted molar refractivity (Wildman–Crippen MR) is 108 cm³/mol. The van der Waals surface area contributed by atoms with Crippen molar-refractivity contribution in [2.24, 2.45) is 0 Å². The van der Waals surface area contributed by atoms with Gasteiger partial charge in [0.05, 0.1) is 31.2 Å². The molecule has 0 atom stereocenters. The van der Waals surface area contributed by atoms with Gasteiger partial charge in [0.1, 0.15) is 23.4 Å². The molecule has 1 aliphatic heterocycles. The molecule has 2 heterocycles. The van der Waals surface area contributed by atoms with Crippen LogP contribution in [0.5, 0.6) is 11.5 Å². The van der Waals surface area contributed by atoms with Crippen LogP contribution in [0.25, 0.3) is 16.9 Å². The number of nitriles is 1. The van der Waals surface area contributed by atoms with Crippen LogP contribution < -0.4 is 14.8 Å². The standard InChI is InChI=1S/C22H22N4O2/c1-27-17-11-16(12-18(13-17)28-2)21-19-8-5-6-10-24-22(19)26(25-21)20-9-4-3-7-15(20)14-23/h3-4,7,9,11-13,24H,5-6,8,10H2,1-2H3. The van der Waals surface area contributed by atoms with Crippen molar-refractivity contribution in [2.75, 3.05) is 26.1 Å². The Morgan fingerprint density at radius 2 is 1.82 bits per heavy atom. The molecule has 0 fully saturated rings. The largest absolute Gasteiger partial charge is 0.497 e. The molecule has 6 heteroatoms. The number of nitrogens with zero attached hydrogens (tertiary/aromatic N) is 3. The Morgan fingerprint density at radius 1 is 1.07 bits per heavy atom. The minimum absolute atomic E-state index is 0.591. The summed E-state index contributed by atoms with van der Waals surface area (Å²) in [5.41, 5.74) is 4.34. The third kappa shape index (κ3) is 3.16. The first kappa shape index (κ1) is 17.9. The third-order valence-corrected chi connectivity index (χ3v) is 5.01. The van der Waals surface area contributed by atoms with E-state index in [4.69, 9.17) is 14.6 Å². The molecule has 0 radical (unpaired) electrons. The van der Waals surface area contributed by atoms with Gasteiger partial charge in [0.15, 0.2) is 0 Å². The lowest BCUT2D eigenvalue weighted by Gasteiger charge is -2.10. The third-order valence-electron chi connectivity index (χ3n) is 5.01. The molecule has 2 aromatic carbocycles. The Bertz CT molecular complexity index is 1030. The van der Waals surface area contributed by atoms with E-state index < -0.39 is 0 Å². The molecular weight excluding hydrogens is 352 g/mol. The van der Waals surface area contributed by atoms with E-state index in [0.29, 0.717) is 5.56 Å². The summed E-state index contributed by atoms with van der Waals surface area (Å²) >= 11 is 0. The van der Waals surface area contributed by atoms with Crippen LogP contribution in [-0.4, -0.2) is 30.5 Å². The van der Waals surface area contributed by atoms with Gasteiger partial charge in [0.2, 0.25) is 0 Å². The molecule has 1 aromatic heterocycles. The van der Waals surface area contributed by atoms with E-state index in [-0.39, 0.29) is 0 Å². The molecule has 0 bridgehead atoms. The molecule has 3 aromatic rings. The van der Waals surface area contributed by atoms with Gasteiger partial charge in [-0.2, -0.15) is 10.4 Å². The number of hydrogen-bond acceptors (Lipinski definition) is 5. The van der Waals surface area contributed by atoms with Gasteiger partial charge in [-0.25, -0.2) is 4.68 Å². The molecule has 28 heavy (non-hydrogen) atoms. The second kappa shape index (κ2) is 7.65. The molecule has 0 amide bonds. The van der Waals surface area contributed by atoms with Crippen LogP contribution in [0.15, 0.2) is 42.5 Å². The summed E-state index contributed by atoms with van der Waals surface area (Å²) < 4.78 is 12.7. The van der Waals surface area contributed by atoms with Crippen molar-refractivity contribution in [3.05, 3.63) is 53.6 Å². The maximum absolute atomic E-state index is 9.56. The molecule has 0 saturated heterocycles. The highest BCUT2D eigenvalue weighted by atomic mass is 16.5. The number of nitrogens with one attached hydrogen (secondary N) is 1. The van der Waals surface area contributed by atoms with Gasteiger partial charge in [0, 0.05) is 23.7 Å². The molecule has 0 aliphatic carbocycles. The monoisotopic (exact) mass is 374 g/mol. The van der Waals surface area contributed by atoms with Gasteiger partial charge in [-0.05, 0) is 43.5 Å². The number of anilines is 1. The molecular formula is C22H22N4O2. The molecule has 142 valence electrons. The zero-order chi connectivity index (χ0) is 19.5. The van der Waals surface area contributed by atoms with Crippen molar-refractivity contribution >= 4 is 5.82 Å². The van der Waals surface area contributed by atoms with Gasteiger partial charge in [-0.15, -0.1) is 0 Å². The Balaban J connectivity index is 1.95. The zero-order valence-electron chi connectivity index (χ0n) is 16.0. The maximum atomic E-state index is 9.56. The first-order chi connectivity index (χ1) is 13.7. The van der Waals surface area contributed by atoms with Crippen LogP contribution in [0.3, 0.4) is 0 Å². The van der Waals surface area contributed by atoms with Crippen molar-refractivity contribution in [2.45, 2.75) is 19.3 Å². The van der Waals surface area contributed by atoms with Gasteiger partial charge in [0.25, 0.3) is 0 Å². The van der Waals surface area contributed by atoms with Gasteiger partial charge >= 0.3 is 0 Å². The lowest BCUT2D eigenvalue weighted by molar-refractivity contribution is 0.394. The summed E-state index contributed by atoms with van der Waals surface area (Å²) in [6.45, 7) is 0.883. The van der Waals surface area contributed by atoms with Crippen molar-refractivity contribution in [3.8, 4) is 34.5 Å². The number of hydrogen-bond donors (Lipinski definition) is 1. The number of methoxy groups -OCH3 is 2. The molecule has 1 aliphatic rings. The topological polar surface area (TPSA) is 72.1 Å². The highest BCUT2D eigenvalue weighted by Gasteiger charge is 2.23. The molecule has 0 unspecified atom stereocenters. The normalized spacial score (nSPS) is 13.0. The average Bonchev–Trinajstić information content (AvgIpc) is 2.93. The SMILES string of the molecule is COc1cc(OC)cc(-c2nn(-c3ccccc3C#N)c3c2CCCCN3)c1. The molecule has 4 rings (SSSR count). The highest BCUT2D eigenvalue weighted by molar-refractivity contribution is 5.74. The average molecular weight is 374 g/mol. The van der Waals surface area contributed by atoms with Crippen molar-refractivity contribution in [1.29, 1.82) is 5.26 Å². The fourth-order valence-electron chi connectivity index (χ4n) is 3.61. The lowest BCUT2D eigenvalue weighted by atomic mass is 10.0. The number of para-hydroxylation sites is 1. The summed E-state index contributed by atoms with van der Waals surface area (Å²) in [5, 5.41) is 18.0. The zero-order valence-corrected chi connectivity index (χ0v) is 16.0. The van der Waals surface area contributed by atoms with E-state index in [1.54, 1.807) is 14.2 Å². The van der Waals surface area contributed by atoms with Crippen LogP contribution in [-0.2, 0) is 6.42 Å². The molecule has 1 N–H and O–H groups in total. The summed E-state index contributed by atoms with van der Waals surface area (Å²) in [6.07, 6.45) is 3.10. The lowest BCUT2D eigenvalue weighted by Crippen LogP contribution is -2.08. The fraction of sp³-hybridized carbons (Fsp3) is 0.273. The number of benzene rings is 2. The second-order valence-electron chi connectivity index (χ2n) is 6.70. The van der Waals surface area contributed by atoms with Crippen LogP contribution in [0.2, 0.25) is 0 Å². The van der Waals surface area contributed by atoms with E-state index in [9.17, 15) is 5.26 Å². The van der Waals surface area contributed by atoms with Crippen molar-refractivity contribution < 1.29 is 9.47 Å². The summed E-state index contributed by atoms with van der Waals surface area (Å²) in [6, 6.07) is 15.6. The van der Waals surface area contributed by atoms with Gasteiger partial charge in [-0.1, -0.05) is 12.1 Å². The number of fused-ring (bicyclic) bond motifs is 1. The number of ether oxygens (including phenoxy) is 2. The predicted octanol–water partition coefficient (Wildman–Crippen LogP) is 4.18. The molecule has 0 spiro atoms. The van der Waals surface area contributed by atoms with Crippen molar-refractivity contribution in [1.82, 2.24) is 9.78 Å². The molecule has 6 nitrogen and oxygen atoms in total. The quantitative estimate of drug-likeness (QED) is 0.742. The minimum Gasteiger partial charge on any atom is -0.497 e. The van der Waals surface area contributed by atoms with E-state index >= 15 is 0 Å². The first-order valence-electron chi connectivity index (χ1n) is 9.34. The Labute approximate surface area is 164 Å². The van der Waals surface area contributed by atoms with Crippen molar-refractivity contribution in [3.63, 3.8) is 0 Å². The van der Waals surface area contributed by atoms with Crippen LogP contribution in [0.1, 0.15) is 24.0 Å². The van der Waals surface area contributed by atoms with Crippen LogP contribution >= 0.6 is 0 Å². The van der Waals surface area contributed by atoms with Gasteiger partial charge < -0.3 is 14.8 Å². The number of rotatable bonds is 4. The summed E-state index contributed by atoms with van der Waals surface area (Å²) in [4.78, 5) is 0. The van der Waals surface area contributed by atoms with E-state index in [1.807, 2.05) is 47.1 Å². The highest BCUT2D eigenvalue weighted by Crippen LogP contribution is 2.37. The minimum atomic E-state index is 0.591. The second-order valence-corrected chi connectivity index (χ2v) is 6.70. The Kier molecular flexibility index (Phi) is 4.90. The van der Waals surface area contributed by atoms with Crippen LogP contribution in [0, 0.1) is 11.3 Å². The Hall–Kier alpha value is -3.46. The molecule has 0 saturated carbocycles. The first-order valence-corrected chi connectivity index (χ1v) is 9.34. The number of aromatic nitrogens is 2. The van der Waals surface area contributed by atoms with E-state index in [0.717, 1.165) is 65.6 Å². The Morgan fingerprint density at radius 3 is 2.54 bits per heavy atom. The van der Waals surface area contributed by atoms with E-state index in [2.05, 4.69) is 11.4 Å². The van der Waals surface area contributed by atoms with Gasteiger partial charge in [-0.3, -0.25) is 0 Å². The van der Waals surface area contributed by atoms with Crippen LogP contribution in [0.4, 0.5) is 5.82 Å². The smallest absolute Gasteiger partial charge is 0.133 e. The maximum Gasteiger partial charge on any atom is 0.133 e. The fourth-order valence-corrected chi connectivity index (χ4v) is 3.61. The summed E-state index contributed by atoms with van der Waals surface area (Å²) in [7, 11) is 3.28. The van der Waals surface area contributed by atoms with E-state index in [1.165, 1.54) is 0 Å².